The van der Waals surface area contributed by atoms with Crippen molar-refractivity contribution >= 4 is 6.03 Å². The fraction of sp³-hybridized carbons (Fsp3) is 0.438. The molecule has 7 heteroatoms. The van der Waals surface area contributed by atoms with Gasteiger partial charge in [0.1, 0.15) is 18.4 Å². The van der Waals surface area contributed by atoms with Crippen molar-refractivity contribution in [3.63, 3.8) is 0 Å². The second kappa shape index (κ2) is 8.17. The molecule has 2 amide bonds. The lowest BCUT2D eigenvalue weighted by molar-refractivity contribution is 0.237. The Balaban J connectivity index is 1.79. The number of rotatable bonds is 7. The summed E-state index contributed by atoms with van der Waals surface area (Å²) in [6, 6.07) is 5.59. The standard InChI is InChI=1S/C16H23N5O2/c1-12-5-6-15(23-3)14(9-12)13(2)20-16(22)18-7-4-8-21-11-17-10-19-21/h5-6,9-11,13H,4,7-8H2,1-3H3,(H2,18,20,22)/t13-/m1/s1. The lowest BCUT2D eigenvalue weighted by atomic mass is 10.0. The van der Waals surface area contributed by atoms with Gasteiger partial charge >= 0.3 is 6.03 Å². The Morgan fingerprint density at radius 2 is 2.26 bits per heavy atom. The maximum atomic E-state index is 12.0. The first-order valence-electron chi connectivity index (χ1n) is 7.61. The van der Waals surface area contributed by atoms with Gasteiger partial charge in [-0.15, -0.1) is 0 Å². The van der Waals surface area contributed by atoms with Crippen LogP contribution in [0.3, 0.4) is 0 Å². The van der Waals surface area contributed by atoms with E-state index in [0.717, 1.165) is 29.8 Å². The molecule has 1 heterocycles. The Morgan fingerprint density at radius 1 is 1.43 bits per heavy atom. The first kappa shape index (κ1) is 16.8. The van der Waals surface area contributed by atoms with Crippen LogP contribution in [-0.4, -0.2) is 34.5 Å². The minimum atomic E-state index is -0.195. The zero-order valence-electron chi connectivity index (χ0n) is 13.7. The maximum absolute atomic E-state index is 12.0. The molecule has 0 saturated heterocycles. The summed E-state index contributed by atoms with van der Waals surface area (Å²) in [7, 11) is 1.63. The van der Waals surface area contributed by atoms with Crippen molar-refractivity contribution < 1.29 is 9.53 Å². The number of urea groups is 1. The molecule has 0 aliphatic rings. The van der Waals surface area contributed by atoms with E-state index in [0.29, 0.717) is 6.54 Å². The number of hydrogen-bond donors (Lipinski definition) is 2. The number of hydrogen-bond acceptors (Lipinski definition) is 4. The van der Waals surface area contributed by atoms with E-state index in [4.69, 9.17) is 4.74 Å². The first-order valence-corrected chi connectivity index (χ1v) is 7.61. The largest absolute Gasteiger partial charge is 0.496 e. The third-order valence-corrected chi connectivity index (χ3v) is 3.52. The maximum Gasteiger partial charge on any atom is 0.315 e. The van der Waals surface area contributed by atoms with Crippen LogP contribution in [0.25, 0.3) is 0 Å². The number of methoxy groups -OCH3 is 1. The van der Waals surface area contributed by atoms with Gasteiger partial charge in [0.15, 0.2) is 0 Å². The molecule has 23 heavy (non-hydrogen) atoms. The summed E-state index contributed by atoms with van der Waals surface area (Å²) in [6.07, 6.45) is 3.95. The van der Waals surface area contributed by atoms with Crippen molar-refractivity contribution in [3.8, 4) is 5.75 Å². The number of carbonyl (C=O) groups is 1. The highest BCUT2D eigenvalue weighted by molar-refractivity contribution is 5.74. The first-order chi connectivity index (χ1) is 11.1. The number of aryl methyl sites for hydroxylation is 2. The van der Waals surface area contributed by atoms with E-state index >= 15 is 0 Å². The van der Waals surface area contributed by atoms with E-state index in [9.17, 15) is 4.79 Å². The van der Waals surface area contributed by atoms with E-state index in [1.807, 2.05) is 32.0 Å². The molecule has 0 unspecified atom stereocenters. The number of carbonyl (C=O) groups excluding carboxylic acids is 1. The van der Waals surface area contributed by atoms with Crippen LogP contribution in [0.5, 0.6) is 5.75 Å². The predicted octanol–water partition coefficient (Wildman–Crippen LogP) is 2.05. The SMILES string of the molecule is COc1ccc(C)cc1[C@@H](C)NC(=O)NCCCn1cncn1. The van der Waals surface area contributed by atoms with Gasteiger partial charge in [0.2, 0.25) is 0 Å². The smallest absolute Gasteiger partial charge is 0.315 e. The zero-order valence-corrected chi connectivity index (χ0v) is 13.7. The molecule has 0 saturated carbocycles. The second-order valence-electron chi connectivity index (χ2n) is 5.38. The van der Waals surface area contributed by atoms with E-state index in [-0.39, 0.29) is 12.1 Å². The van der Waals surface area contributed by atoms with Crippen LogP contribution in [0.1, 0.15) is 30.5 Å². The van der Waals surface area contributed by atoms with E-state index < -0.39 is 0 Å². The molecule has 1 atom stereocenters. The van der Waals surface area contributed by atoms with Gasteiger partial charge in [-0.3, -0.25) is 4.68 Å². The van der Waals surface area contributed by atoms with Crippen LogP contribution in [-0.2, 0) is 6.54 Å². The monoisotopic (exact) mass is 317 g/mol. The lowest BCUT2D eigenvalue weighted by Crippen LogP contribution is -2.37. The highest BCUT2D eigenvalue weighted by Crippen LogP contribution is 2.25. The van der Waals surface area contributed by atoms with Crippen molar-refractivity contribution in [3.05, 3.63) is 42.0 Å². The summed E-state index contributed by atoms with van der Waals surface area (Å²) < 4.78 is 7.09. The molecule has 0 spiro atoms. The van der Waals surface area contributed by atoms with Gasteiger partial charge in [-0.1, -0.05) is 17.7 Å². The van der Waals surface area contributed by atoms with Crippen molar-refractivity contribution in [1.29, 1.82) is 0 Å². The Labute approximate surface area is 136 Å². The van der Waals surface area contributed by atoms with Gasteiger partial charge in [-0.25, -0.2) is 9.78 Å². The Hall–Kier alpha value is -2.57. The van der Waals surface area contributed by atoms with Crippen molar-refractivity contribution in [2.24, 2.45) is 0 Å². The van der Waals surface area contributed by atoms with Crippen molar-refractivity contribution in [1.82, 2.24) is 25.4 Å². The number of aromatic nitrogens is 3. The van der Waals surface area contributed by atoms with E-state index in [1.165, 1.54) is 6.33 Å². The summed E-state index contributed by atoms with van der Waals surface area (Å²) in [5, 5.41) is 9.78. The van der Waals surface area contributed by atoms with Crippen LogP contribution in [0.15, 0.2) is 30.9 Å². The van der Waals surface area contributed by atoms with Crippen molar-refractivity contribution in [2.75, 3.05) is 13.7 Å². The quantitative estimate of drug-likeness (QED) is 0.766. The number of amides is 2. The predicted molar refractivity (Wildman–Crippen MR) is 87.3 cm³/mol. The molecule has 2 N–H and O–H groups in total. The van der Waals surface area contributed by atoms with Crippen LogP contribution in [0, 0.1) is 6.92 Å². The molecule has 1 aromatic heterocycles. The molecule has 0 radical (unpaired) electrons. The third kappa shape index (κ3) is 4.98. The topological polar surface area (TPSA) is 81.1 Å². The molecule has 0 aliphatic heterocycles. The summed E-state index contributed by atoms with van der Waals surface area (Å²) in [6.45, 7) is 5.25. The fourth-order valence-corrected chi connectivity index (χ4v) is 2.31. The summed E-state index contributed by atoms with van der Waals surface area (Å²) in [5.41, 5.74) is 2.09. The van der Waals surface area contributed by atoms with Crippen LogP contribution >= 0.6 is 0 Å². The molecule has 0 bridgehead atoms. The molecule has 0 fully saturated rings. The average Bonchev–Trinajstić information content (AvgIpc) is 3.05. The Kier molecular flexibility index (Phi) is 5.96. The minimum Gasteiger partial charge on any atom is -0.496 e. The summed E-state index contributed by atoms with van der Waals surface area (Å²) in [4.78, 5) is 15.8. The number of ether oxygens (including phenoxy) is 1. The van der Waals surface area contributed by atoms with Gasteiger partial charge < -0.3 is 15.4 Å². The van der Waals surface area contributed by atoms with E-state index in [2.05, 4.69) is 20.7 Å². The highest BCUT2D eigenvalue weighted by Gasteiger charge is 2.13. The Morgan fingerprint density at radius 3 is 2.96 bits per heavy atom. The van der Waals surface area contributed by atoms with Gasteiger partial charge in [0, 0.05) is 18.7 Å². The molecular weight excluding hydrogens is 294 g/mol. The lowest BCUT2D eigenvalue weighted by Gasteiger charge is -2.18. The molecule has 1 aromatic carbocycles. The fourth-order valence-electron chi connectivity index (χ4n) is 2.31. The number of nitrogens with zero attached hydrogens (tertiary/aromatic N) is 3. The summed E-state index contributed by atoms with van der Waals surface area (Å²) in [5.74, 6) is 0.773. The number of benzene rings is 1. The molecule has 0 aliphatic carbocycles. The molecule has 124 valence electrons. The Bertz CT molecular complexity index is 627. The number of nitrogens with one attached hydrogen (secondary N) is 2. The molecule has 2 rings (SSSR count). The van der Waals surface area contributed by atoms with Crippen LogP contribution in [0.4, 0.5) is 4.79 Å². The van der Waals surface area contributed by atoms with Crippen molar-refractivity contribution in [2.45, 2.75) is 32.9 Å². The summed E-state index contributed by atoms with van der Waals surface area (Å²) >= 11 is 0. The average molecular weight is 317 g/mol. The molecular formula is C16H23N5O2. The van der Waals surface area contributed by atoms with Gasteiger partial charge in [-0.05, 0) is 26.3 Å². The third-order valence-electron chi connectivity index (χ3n) is 3.52. The van der Waals surface area contributed by atoms with Gasteiger partial charge in [0.25, 0.3) is 0 Å². The van der Waals surface area contributed by atoms with E-state index in [1.54, 1.807) is 18.1 Å². The van der Waals surface area contributed by atoms with Crippen LogP contribution < -0.4 is 15.4 Å². The molecule has 2 aromatic rings. The highest BCUT2D eigenvalue weighted by atomic mass is 16.5. The normalized spacial score (nSPS) is 11.8. The minimum absolute atomic E-state index is 0.139. The zero-order chi connectivity index (χ0) is 16.7. The molecule has 7 nitrogen and oxygen atoms in total. The van der Waals surface area contributed by atoms with Crippen LogP contribution in [0.2, 0.25) is 0 Å². The van der Waals surface area contributed by atoms with Gasteiger partial charge in [0.05, 0.1) is 13.2 Å². The second-order valence-corrected chi connectivity index (χ2v) is 5.38. The van der Waals surface area contributed by atoms with Gasteiger partial charge in [-0.2, -0.15) is 5.10 Å².